The molecule has 1 aromatic rings. The Balaban J connectivity index is 2.04. The Hall–Kier alpha value is -0.750. The number of rotatable bonds is 1. The normalized spacial score (nSPS) is 22.3. The number of nitrogens with zero attached hydrogens (tertiary/aromatic N) is 1. The molecule has 6 heteroatoms. The Kier molecular flexibility index (Phi) is 3.25. The van der Waals surface area contributed by atoms with Crippen molar-refractivity contribution in [2.75, 3.05) is 24.5 Å². The molecule has 0 saturated carbocycles. The van der Waals surface area contributed by atoms with Gasteiger partial charge in [-0.05, 0) is 17.2 Å². The summed E-state index contributed by atoms with van der Waals surface area (Å²) in [6, 6.07) is 3.86. The van der Waals surface area contributed by atoms with E-state index in [2.05, 4.69) is 26.1 Å². The molecule has 0 aliphatic carbocycles. The first-order valence-electron chi connectivity index (χ1n) is 6.29. The van der Waals surface area contributed by atoms with E-state index in [-0.39, 0.29) is 0 Å². The average molecular weight is 335 g/mol. The van der Waals surface area contributed by atoms with Gasteiger partial charge in [-0.25, -0.2) is 0 Å². The Morgan fingerprint density at radius 3 is 2.89 bits per heavy atom. The smallest absolute Gasteiger partial charge is 0.369 e. The van der Waals surface area contributed by atoms with E-state index < -0.39 is 18.5 Å². The van der Waals surface area contributed by atoms with Crippen LogP contribution in [0.15, 0.2) is 16.6 Å². The summed E-state index contributed by atoms with van der Waals surface area (Å²) in [5.41, 5.74) is 2.94. The van der Waals surface area contributed by atoms with E-state index in [1.165, 1.54) is 0 Å². The van der Waals surface area contributed by atoms with Crippen LogP contribution in [0.2, 0.25) is 0 Å². The molecule has 0 fully saturated rings. The minimum Gasteiger partial charge on any atom is -0.369 e. The summed E-state index contributed by atoms with van der Waals surface area (Å²) in [6.07, 6.45) is -4.86. The number of halogens is 4. The van der Waals surface area contributed by atoms with Crippen LogP contribution < -0.4 is 10.2 Å². The highest BCUT2D eigenvalue weighted by molar-refractivity contribution is 9.10. The van der Waals surface area contributed by atoms with E-state index >= 15 is 0 Å². The van der Waals surface area contributed by atoms with Gasteiger partial charge < -0.3 is 10.2 Å². The van der Waals surface area contributed by atoms with Gasteiger partial charge >= 0.3 is 6.18 Å². The second kappa shape index (κ2) is 4.66. The molecule has 0 amide bonds. The lowest BCUT2D eigenvalue weighted by Crippen LogP contribution is -2.29. The second-order valence-corrected chi connectivity index (χ2v) is 5.96. The van der Waals surface area contributed by atoms with E-state index in [0.717, 1.165) is 40.9 Å². The van der Waals surface area contributed by atoms with Crippen LogP contribution in [-0.2, 0) is 6.54 Å². The van der Waals surface area contributed by atoms with Gasteiger partial charge in [0.25, 0.3) is 0 Å². The van der Waals surface area contributed by atoms with Crippen molar-refractivity contribution in [3.8, 4) is 0 Å². The third kappa shape index (κ3) is 2.48. The van der Waals surface area contributed by atoms with Crippen LogP contribution in [0.1, 0.15) is 23.5 Å². The van der Waals surface area contributed by atoms with Crippen LogP contribution in [0.3, 0.4) is 0 Å². The predicted molar refractivity (Wildman–Crippen MR) is 71.5 cm³/mol. The molecular formula is C13H14BrF3N2. The third-order valence-corrected chi connectivity index (χ3v) is 4.46. The first kappa shape index (κ1) is 13.2. The van der Waals surface area contributed by atoms with Gasteiger partial charge in [0, 0.05) is 42.3 Å². The molecule has 2 heterocycles. The summed E-state index contributed by atoms with van der Waals surface area (Å²) in [4.78, 5) is 2.09. The highest BCUT2D eigenvalue weighted by Gasteiger charge is 2.40. The molecule has 2 aliphatic heterocycles. The van der Waals surface area contributed by atoms with E-state index in [1.54, 1.807) is 0 Å². The predicted octanol–water partition coefficient (Wildman–Crippen LogP) is 3.41. The Morgan fingerprint density at radius 1 is 1.37 bits per heavy atom. The number of benzene rings is 1. The fourth-order valence-corrected chi connectivity index (χ4v) is 3.71. The highest BCUT2D eigenvalue weighted by Crippen LogP contribution is 2.47. The van der Waals surface area contributed by atoms with Gasteiger partial charge in [-0.1, -0.05) is 22.0 Å². The van der Waals surface area contributed by atoms with E-state index in [0.29, 0.717) is 6.54 Å². The number of hydrogen-bond donors (Lipinski definition) is 1. The molecular weight excluding hydrogens is 321 g/mol. The molecule has 2 nitrogen and oxygen atoms in total. The van der Waals surface area contributed by atoms with Gasteiger partial charge in [-0.2, -0.15) is 13.2 Å². The molecule has 0 bridgehead atoms. The van der Waals surface area contributed by atoms with Crippen molar-refractivity contribution >= 4 is 21.6 Å². The van der Waals surface area contributed by atoms with Gasteiger partial charge in [-0.3, -0.25) is 0 Å². The van der Waals surface area contributed by atoms with Crippen LogP contribution in [-0.4, -0.2) is 25.8 Å². The number of alkyl halides is 3. The number of anilines is 1. The molecule has 104 valence electrons. The third-order valence-electron chi connectivity index (χ3n) is 3.76. The maximum atomic E-state index is 12.7. The second-order valence-electron chi connectivity index (χ2n) is 5.11. The van der Waals surface area contributed by atoms with Crippen molar-refractivity contribution in [1.82, 2.24) is 5.32 Å². The molecule has 1 N–H and O–H groups in total. The molecule has 0 radical (unpaired) electrons. The van der Waals surface area contributed by atoms with Crippen molar-refractivity contribution in [3.05, 3.63) is 27.7 Å². The van der Waals surface area contributed by atoms with Gasteiger partial charge in [0.1, 0.15) is 0 Å². The van der Waals surface area contributed by atoms with Crippen LogP contribution in [0, 0.1) is 0 Å². The van der Waals surface area contributed by atoms with Gasteiger partial charge in [-0.15, -0.1) is 0 Å². The van der Waals surface area contributed by atoms with Crippen LogP contribution in [0.25, 0.3) is 0 Å². The zero-order valence-corrected chi connectivity index (χ0v) is 11.8. The molecule has 1 aromatic carbocycles. The van der Waals surface area contributed by atoms with Crippen LogP contribution in [0.4, 0.5) is 18.9 Å². The molecule has 1 unspecified atom stereocenters. The Bertz CT molecular complexity index is 501. The zero-order valence-electron chi connectivity index (χ0n) is 10.2. The SMILES string of the molecule is FC(F)(F)CC1CN2CCNCc3ccc(Br)c1c32. The standard InChI is InChI=1S/C13H14BrF3N2/c14-10-2-1-8-6-18-3-4-19-7-9(5-13(15,16)17)11(10)12(8)19/h1-2,9,18H,3-7H2. The fourth-order valence-electron chi connectivity index (χ4n) is 3.07. The first-order valence-corrected chi connectivity index (χ1v) is 7.09. The Labute approximate surface area is 118 Å². The van der Waals surface area contributed by atoms with Crippen molar-refractivity contribution in [3.63, 3.8) is 0 Å². The summed E-state index contributed by atoms with van der Waals surface area (Å²) < 4.78 is 38.9. The van der Waals surface area contributed by atoms with Crippen LogP contribution in [0.5, 0.6) is 0 Å². The first-order chi connectivity index (χ1) is 8.96. The van der Waals surface area contributed by atoms with Gasteiger partial charge in [0.2, 0.25) is 0 Å². The summed E-state index contributed by atoms with van der Waals surface area (Å²) >= 11 is 3.42. The summed E-state index contributed by atoms with van der Waals surface area (Å²) in [5, 5.41) is 3.30. The lowest BCUT2D eigenvalue weighted by atomic mass is 9.96. The molecule has 2 aliphatic rings. The van der Waals surface area contributed by atoms with Gasteiger partial charge in [0.05, 0.1) is 6.42 Å². The number of nitrogens with one attached hydrogen (secondary N) is 1. The monoisotopic (exact) mass is 334 g/mol. The molecule has 19 heavy (non-hydrogen) atoms. The highest BCUT2D eigenvalue weighted by atomic mass is 79.9. The topological polar surface area (TPSA) is 15.3 Å². The summed E-state index contributed by atoms with van der Waals surface area (Å²) in [7, 11) is 0. The lowest BCUT2D eigenvalue weighted by Gasteiger charge is -2.19. The average Bonchev–Trinajstić information content (AvgIpc) is 2.52. The molecule has 0 saturated heterocycles. The van der Waals surface area contributed by atoms with E-state index in [4.69, 9.17) is 0 Å². The Morgan fingerprint density at radius 2 is 2.16 bits per heavy atom. The summed E-state index contributed by atoms with van der Waals surface area (Å²) in [6.45, 7) is 2.77. The van der Waals surface area contributed by atoms with E-state index in [1.807, 2.05) is 12.1 Å². The quantitative estimate of drug-likeness (QED) is 0.846. The summed E-state index contributed by atoms with van der Waals surface area (Å²) in [5.74, 6) is -0.456. The zero-order chi connectivity index (χ0) is 13.6. The molecule has 0 aromatic heterocycles. The maximum absolute atomic E-state index is 12.7. The number of hydrogen-bond acceptors (Lipinski definition) is 2. The van der Waals surface area contributed by atoms with E-state index in [9.17, 15) is 13.2 Å². The molecule has 1 atom stereocenters. The maximum Gasteiger partial charge on any atom is 0.389 e. The minimum absolute atomic E-state index is 0.456. The lowest BCUT2D eigenvalue weighted by molar-refractivity contribution is -0.138. The van der Waals surface area contributed by atoms with Crippen molar-refractivity contribution in [2.45, 2.75) is 25.1 Å². The fraction of sp³-hybridized carbons (Fsp3) is 0.538. The van der Waals surface area contributed by atoms with Crippen molar-refractivity contribution in [2.24, 2.45) is 0 Å². The van der Waals surface area contributed by atoms with Crippen LogP contribution >= 0.6 is 15.9 Å². The van der Waals surface area contributed by atoms with Gasteiger partial charge in [0.15, 0.2) is 0 Å². The molecule has 0 spiro atoms. The van der Waals surface area contributed by atoms with Crippen molar-refractivity contribution in [1.29, 1.82) is 0 Å². The largest absolute Gasteiger partial charge is 0.389 e. The van der Waals surface area contributed by atoms with Crippen molar-refractivity contribution < 1.29 is 13.2 Å². The minimum atomic E-state index is -4.12. The molecule has 3 rings (SSSR count).